The molecule has 0 bridgehead atoms. The molecule has 0 aromatic heterocycles. The van der Waals surface area contributed by atoms with Crippen LogP contribution in [0.3, 0.4) is 0 Å². The van der Waals surface area contributed by atoms with Gasteiger partial charge in [-0.3, -0.25) is 4.79 Å². The van der Waals surface area contributed by atoms with Crippen molar-refractivity contribution in [3.05, 3.63) is 58.6 Å². The second-order valence-electron chi connectivity index (χ2n) is 6.58. The zero-order valence-electron chi connectivity index (χ0n) is 16.1. The Balaban J connectivity index is 1.62. The predicted molar refractivity (Wildman–Crippen MR) is 115 cm³/mol. The summed E-state index contributed by atoms with van der Waals surface area (Å²) in [6, 6.07) is 12.4. The SMILES string of the molecule is Cc1ccc(SCCNC(=O)c2cc(S(=O)(=O)N3CCOCC3)ccc2Cl)cc1. The van der Waals surface area contributed by atoms with E-state index in [-0.39, 0.29) is 15.5 Å². The summed E-state index contributed by atoms with van der Waals surface area (Å²) >= 11 is 7.79. The fourth-order valence-corrected chi connectivity index (χ4v) is 5.24. The summed E-state index contributed by atoms with van der Waals surface area (Å²) in [6.45, 7) is 3.78. The molecule has 2 aromatic rings. The van der Waals surface area contributed by atoms with Crippen LogP contribution in [0.25, 0.3) is 0 Å². The van der Waals surface area contributed by atoms with Crippen LogP contribution >= 0.6 is 23.4 Å². The van der Waals surface area contributed by atoms with Gasteiger partial charge in [-0.1, -0.05) is 29.3 Å². The molecule has 0 saturated carbocycles. The average molecular weight is 455 g/mol. The second-order valence-corrected chi connectivity index (χ2v) is 10.1. The summed E-state index contributed by atoms with van der Waals surface area (Å²) in [7, 11) is -3.69. The van der Waals surface area contributed by atoms with E-state index in [1.54, 1.807) is 11.8 Å². The molecule has 0 unspecified atom stereocenters. The quantitative estimate of drug-likeness (QED) is 0.513. The summed E-state index contributed by atoms with van der Waals surface area (Å²) < 4.78 is 32.2. The van der Waals surface area contributed by atoms with E-state index in [1.165, 1.54) is 28.1 Å². The molecule has 1 aliphatic rings. The lowest BCUT2D eigenvalue weighted by Gasteiger charge is -2.26. The van der Waals surface area contributed by atoms with Crippen molar-refractivity contribution < 1.29 is 17.9 Å². The first-order valence-electron chi connectivity index (χ1n) is 9.23. The van der Waals surface area contributed by atoms with E-state index in [9.17, 15) is 13.2 Å². The van der Waals surface area contributed by atoms with E-state index in [2.05, 4.69) is 5.32 Å². The molecule has 9 heteroatoms. The molecule has 29 heavy (non-hydrogen) atoms. The van der Waals surface area contributed by atoms with Gasteiger partial charge in [-0.25, -0.2) is 8.42 Å². The standard InChI is InChI=1S/C20H23ClN2O4S2/c1-15-2-4-16(5-3-15)28-13-8-22-20(24)18-14-17(6-7-19(18)21)29(25,26)23-9-11-27-12-10-23/h2-7,14H,8-13H2,1H3,(H,22,24). The number of benzene rings is 2. The molecule has 1 aliphatic heterocycles. The largest absolute Gasteiger partial charge is 0.379 e. The first-order chi connectivity index (χ1) is 13.9. The third-order valence-corrected chi connectivity index (χ3v) is 7.71. The van der Waals surface area contributed by atoms with Gasteiger partial charge in [-0.05, 0) is 37.3 Å². The van der Waals surface area contributed by atoms with Crippen LogP contribution in [0.15, 0.2) is 52.3 Å². The number of rotatable bonds is 7. The highest BCUT2D eigenvalue weighted by Gasteiger charge is 2.27. The van der Waals surface area contributed by atoms with Gasteiger partial charge in [0.25, 0.3) is 5.91 Å². The van der Waals surface area contributed by atoms with Crippen molar-refractivity contribution in [2.45, 2.75) is 16.7 Å². The lowest BCUT2D eigenvalue weighted by Crippen LogP contribution is -2.40. The fraction of sp³-hybridized carbons (Fsp3) is 0.350. The summed E-state index contributed by atoms with van der Waals surface area (Å²) in [5, 5.41) is 3.02. The third-order valence-electron chi connectivity index (χ3n) is 4.47. The molecule has 1 N–H and O–H groups in total. The minimum atomic E-state index is -3.69. The van der Waals surface area contributed by atoms with Crippen LogP contribution in [-0.2, 0) is 14.8 Å². The van der Waals surface area contributed by atoms with Crippen LogP contribution < -0.4 is 5.32 Å². The van der Waals surface area contributed by atoms with Crippen molar-refractivity contribution in [1.82, 2.24) is 9.62 Å². The number of hydrogen-bond acceptors (Lipinski definition) is 5. The van der Waals surface area contributed by atoms with Crippen LogP contribution in [0.4, 0.5) is 0 Å². The van der Waals surface area contributed by atoms with Crippen molar-refractivity contribution >= 4 is 39.3 Å². The maximum Gasteiger partial charge on any atom is 0.252 e. The van der Waals surface area contributed by atoms with Gasteiger partial charge in [0.05, 0.1) is 28.7 Å². The molecule has 1 heterocycles. The van der Waals surface area contributed by atoms with E-state index in [4.69, 9.17) is 16.3 Å². The number of nitrogens with one attached hydrogen (secondary N) is 1. The number of carbonyl (C=O) groups is 1. The number of ether oxygens (including phenoxy) is 1. The first-order valence-corrected chi connectivity index (χ1v) is 12.0. The second kappa shape index (κ2) is 9.95. The van der Waals surface area contributed by atoms with Gasteiger partial charge in [-0.15, -0.1) is 11.8 Å². The fourth-order valence-electron chi connectivity index (χ4n) is 2.84. The Morgan fingerprint density at radius 1 is 1.17 bits per heavy atom. The highest BCUT2D eigenvalue weighted by Crippen LogP contribution is 2.24. The minimum Gasteiger partial charge on any atom is -0.379 e. The first kappa shape index (κ1) is 22.1. The number of amides is 1. The number of nitrogens with zero attached hydrogens (tertiary/aromatic N) is 1. The molecule has 1 amide bonds. The van der Waals surface area contributed by atoms with Crippen molar-refractivity contribution in [3.8, 4) is 0 Å². The van der Waals surface area contributed by atoms with Gasteiger partial charge in [0, 0.05) is 30.3 Å². The Bertz CT molecular complexity index is 959. The Hall–Kier alpha value is -1.58. The molecule has 2 aromatic carbocycles. The van der Waals surface area contributed by atoms with Crippen LogP contribution in [0.1, 0.15) is 15.9 Å². The van der Waals surface area contributed by atoms with Gasteiger partial charge in [0.2, 0.25) is 10.0 Å². The van der Waals surface area contributed by atoms with Gasteiger partial charge >= 0.3 is 0 Å². The van der Waals surface area contributed by atoms with E-state index in [1.807, 2.05) is 31.2 Å². The molecule has 1 fully saturated rings. The molecular weight excluding hydrogens is 432 g/mol. The summed E-state index contributed by atoms with van der Waals surface area (Å²) in [5.74, 6) is 0.302. The Morgan fingerprint density at radius 3 is 2.55 bits per heavy atom. The van der Waals surface area contributed by atoms with Gasteiger partial charge in [-0.2, -0.15) is 4.31 Å². The van der Waals surface area contributed by atoms with Crippen LogP contribution in [-0.4, -0.2) is 57.2 Å². The normalized spacial score (nSPS) is 15.2. The predicted octanol–water partition coefficient (Wildman–Crippen LogP) is 3.19. The number of aryl methyl sites for hydroxylation is 1. The van der Waals surface area contributed by atoms with Crippen LogP contribution in [0, 0.1) is 6.92 Å². The lowest BCUT2D eigenvalue weighted by atomic mass is 10.2. The van der Waals surface area contributed by atoms with E-state index < -0.39 is 15.9 Å². The molecule has 1 saturated heterocycles. The molecule has 3 rings (SSSR count). The molecule has 6 nitrogen and oxygen atoms in total. The monoisotopic (exact) mass is 454 g/mol. The van der Waals surface area contributed by atoms with E-state index in [0.29, 0.717) is 38.6 Å². The summed E-state index contributed by atoms with van der Waals surface area (Å²) in [6.07, 6.45) is 0. The van der Waals surface area contributed by atoms with Crippen LogP contribution in [0.5, 0.6) is 0 Å². The number of sulfonamides is 1. The Morgan fingerprint density at radius 2 is 1.86 bits per heavy atom. The van der Waals surface area contributed by atoms with Crippen molar-refractivity contribution in [2.24, 2.45) is 0 Å². The average Bonchev–Trinajstić information content (AvgIpc) is 2.73. The molecule has 0 spiro atoms. The highest BCUT2D eigenvalue weighted by atomic mass is 35.5. The zero-order valence-corrected chi connectivity index (χ0v) is 18.4. The number of morpholine rings is 1. The summed E-state index contributed by atoms with van der Waals surface area (Å²) in [4.78, 5) is 13.7. The smallest absolute Gasteiger partial charge is 0.252 e. The molecule has 156 valence electrons. The Kier molecular flexibility index (Phi) is 7.59. The Labute approximate surface area is 180 Å². The number of thioether (sulfide) groups is 1. The zero-order chi connectivity index (χ0) is 20.9. The van der Waals surface area contributed by atoms with Crippen molar-refractivity contribution in [1.29, 1.82) is 0 Å². The van der Waals surface area contributed by atoms with Crippen molar-refractivity contribution in [2.75, 3.05) is 38.6 Å². The van der Waals surface area contributed by atoms with Gasteiger partial charge in [0.1, 0.15) is 0 Å². The highest BCUT2D eigenvalue weighted by molar-refractivity contribution is 7.99. The minimum absolute atomic E-state index is 0.0583. The topological polar surface area (TPSA) is 75.7 Å². The van der Waals surface area contributed by atoms with Crippen molar-refractivity contribution in [3.63, 3.8) is 0 Å². The third kappa shape index (κ3) is 5.73. The molecule has 0 aliphatic carbocycles. The van der Waals surface area contributed by atoms with E-state index in [0.717, 1.165) is 4.90 Å². The maximum atomic E-state index is 12.8. The summed E-state index contributed by atoms with van der Waals surface area (Å²) in [5.41, 5.74) is 1.35. The molecular formula is C20H23ClN2O4S2. The number of halogens is 1. The maximum absolute atomic E-state index is 12.8. The lowest BCUT2D eigenvalue weighted by molar-refractivity contribution is 0.0730. The van der Waals surface area contributed by atoms with Gasteiger partial charge in [0.15, 0.2) is 0 Å². The number of carbonyl (C=O) groups excluding carboxylic acids is 1. The van der Waals surface area contributed by atoms with E-state index >= 15 is 0 Å². The van der Waals surface area contributed by atoms with Crippen LogP contribution in [0.2, 0.25) is 5.02 Å². The molecule has 0 atom stereocenters. The number of hydrogen-bond donors (Lipinski definition) is 1. The van der Waals surface area contributed by atoms with Gasteiger partial charge < -0.3 is 10.1 Å². The molecule has 0 radical (unpaired) electrons.